The lowest BCUT2D eigenvalue weighted by atomic mass is 10.0. The first-order valence-corrected chi connectivity index (χ1v) is 9.64. The lowest BCUT2D eigenvalue weighted by molar-refractivity contribution is -0.137. The fourth-order valence-electron chi connectivity index (χ4n) is 2.85. The first kappa shape index (κ1) is 22.3. The van der Waals surface area contributed by atoms with Gasteiger partial charge in [0.05, 0.1) is 23.2 Å². The Hall–Kier alpha value is -2.99. The van der Waals surface area contributed by atoms with Gasteiger partial charge in [0.25, 0.3) is 0 Å². The number of rotatable bonds is 9. The number of nitrogens with two attached hydrogens (primary N) is 1. The predicted octanol–water partition coefficient (Wildman–Crippen LogP) is 4.02. The monoisotopic (exact) mass is 413 g/mol. The van der Waals surface area contributed by atoms with Gasteiger partial charge in [-0.2, -0.15) is 0 Å². The lowest BCUT2D eigenvalue weighted by Gasteiger charge is -2.12. The molecular formula is C22H24ClN3O3. The molecule has 2 bridgehead atoms. The summed E-state index contributed by atoms with van der Waals surface area (Å²) >= 11 is 6.01. The minimum absolute atomic E-state index is 0.103. The Balaban J connectivity index is 2.39. The van der Waals surface area contributed by atoms with Crippen molar-refractivity contribution in [3.05, 3.63) is 71.0 Å². The van der Waals surface area contributed by atoms with E-state index in [0.29, 0.717) is 35.6 Å². The van der Waals surface area contributed by atoms with Crippen LogP contribution in [0.5, 0.6) is 0 Å². The van der Waals surface area contributed by atoms with Crippen LogP contribution >= 0.6 is 11.6 Å². The molecule has 0 saturated carbocycles. The SMILES string of the molecule is C=C/C(Cl)=C\C=C(/C)C1=NC2C=CC(C(N)=O)=CC(=C2)N=C1CCCCC(=O)O. The van der Waals surface area contributed by atoms with E-state index in [1.807, 2.05) is 19.1 Å². The number of carbonyl (C=O) groups excluding carboxylic acids is 1. The van der Waals surface area contributed by atoms with Crippen LogP contribution in [0.1, 0.15) is 32.6 Å². The number of aliphatic carboxylic acids is 1. The molecule has 0 aromatic carbocycles. The molecule has 0 aromatic rings. The van der Waals surface area contributed by atoms with Crippen molar-refractivity contribution in [2.24, 2.45) is 15.7 Å². The van der Waals surface area contributed by atoms with Gasteiger partial charge in [-0.1, -0.05) is 42.5 Å². The number of amides is 1. The number of hydrogen-bond acceptors (Lipinski definition) is 4. The summed E-state index contributed by atoms with van der Waals surface area (Å²) in [6.45, 7) is 5.54. The molecule has 2 rings (SSSR count). The van der Waals surface area contributed by atoms with Gasteiger partial charge in [0.1, 0.15) is 0 Å². The second kappa shape index (κ2) is 10.5. The van der Waals surface area contributed by atoms with E-state index in [1.54, 1.807) is 30.4 Å². The van der Waals surface area contributed by atoms with Crippen molar-refractivity contribution < 1.29 is 14.7 Å². The van der Waals surface area contributed by atoms with Crippen LogP contribution in [-0.4, -0.2) is 34.4 Å². The zero-order chi connectivity index (χ0) is 21.4. The third-order valence-corrected chi connectivity index (χ3v) is 4.61. The molecule has 0 saturated heterocycles. The van der Waals surface area contributed by atoms with Gasteiger partial charge in [0.2, 0.25) is 5.91 Å². The number of carboxylic acid groups (broad SMARTS) is 1. The van der Waals surface area contributed by atoms with E-state index in [1.165, 1.54) is 0 Å². The number of carbonyl (C=O) groups is 2. The van der Waals surface area contributed by atoms with Crippen molar-refractivity contribution in [2.75, 3.05) is 0 Å². The number of primary amides is 1. The third-order valence-electron chi connectivity index (χ3n) is 4.33. The van der Waals surface area contributed by atoms with Crippen molar-refractivity contribution >= 4 is 34.9 Å². The molecule has 1 heterocycles. The molecule has 0 fully saturated rings. The van der Waals surface area contributed by atoms with Crippen LogP contribution in [0.4, 0.5) is 0 Å². The maximum Gasteiger partial charge on any atom is 0.303 e. The third kappa shape index (κ3) is 6.84. The van der Waals surface area contributed by atoms with Crippen LogP contribution in [0.3, 0.4) is 0 Å². The van der Waals surface area contributed by atoms with Crippen LogP contribution in [0.25, 0.3) is 0 Å². The number of aliphatic imine (C=N–C) groups is 2. The Morgan fingerprint density at radius 1 is 1.34 bits per heavy atom. The van der Waals surface area contributed by atoms with E-state index in [2.05, 4.69) is 6.58 Å². The van der Waals surface area contributed by atoms with Gasteiger partial charge in [-0.25, -0.2) is 0 Å². The van der Waals surface area contributed by atoms with Crippen molar-refractivity contribution in [3.63, 3.8) is 0 Å². The fraction of sp³-hybridized carbons (Fsp3) is 0.273. The fourth-order valence-corrected chi connectivity index (χ4v) is 2.91. The van der Waals surface area contributed by atoms with E-state index < -0.39 is 11.9 Å². The molecule has 1 amide bonds. The highest BCUT2D eigenvalue weighted by atomic mass is 35.5. The number of nitrogens with zero attached hydrogens (tertiary/aromatic N) is 2. The quantitative estimate of drug-likeness (QED) is 0.440. The van der Waals surface area contributed by atoms with Gasteiger partial charge in [-0.3, -0.25) is 19.6 Å². The largest absolute Gasteiger partial charge is 0.481 e. The van der Waals surface area contributed by atoms with Crippen molar-refractivity contribution in [1.82, 2.24) is 0 Å². The molecule has 1 unspecified atom stereocenters. The Labute approximate surface area is 175 Å². The molecule has 6 nitrogen and oxygen atoms in total. The average molecular weight is 414 g/mol. The summed E-state index contributed by atoms with van der Waals surface area (Å²) in [4.78, 5) is 31.9. The lowest BCUT2D eigenvalue weighted by Crippen LogP contribution is -2.18. The number of carboxylic acids is 1. The van der Waals surface area contributed by atoms with Crippen LogP contribution in [0.15, 0.2) is 81.0 Å². The minimum atomic E-state index is -0.823. The molecule has 1 atom stereocenters. The van der Waals surface area contributed by atoms with Gasteiger partial charge >= 0.3 is 5.97 Å². The van der Waals surface area contributed by atoms with E-state index >= 15 is 0 Å². The van der Waals surface area contributed by atoms with Gasteiger partial charge in [-0.15, -0.1) is 0 Å². The summed E-state index contributed by atoms with van der Waals surface area (Å²) < 4.78 is 0. The highest BCUT2D eigenvalue weighted by Crippen LogP contribution is 2.22. The Bertz CT molecular complexity index is 918. The van der Waals surface area contributed by atoms with Crippen molar-refractivity contribution in [3.8, 4) is 0 Å². The maximum atomic E-state index is 11.6. The summed E-state index contributed by atoms with van der Waals surface area (Å²) in [5.74, 6) is -1.35. The molecule has 7 heteroatoms. The molecule has 3 N–H and O–H groups in total. The Morgan fingerprint density at radius 2 is 2.10 bits per heavy atom. The normalized spacial score (nSPS) is 19.3. The zero-order valence-electron chi connectivity index (χ0n) is 16.3. The summed E-state index contributed by atoms with van der Waals surface area (Å²) in [7, 11) is 0. The Morgan fingerprint density at radius 3 is 2.76 bits per heavy atom. The summed E-state index contributed by atoms with van der Waals surface area (Å²) in [5.41, 5.74) is 8.71. The molecule has 0 spiro atoms. The van der Waals surface area contributed by atoms with Crippen molar-refractivity contribution in [1.29, 1.82) is 0 Å². The standard InChI is InChI=1S/C22H24ClN3O3/c1-3-16(23)10-8-14(2)21-19(6-4-5-7-20(27)28)25-18-12-15(22(24)29)9-11-17(13-18)26-21/h3,8-13,17H,1,4-7H2,2H3,(H2,24,29)(H,27,28)/b14-8+,16-10+. The number of hydrogen-bond donors (Lipinski definition) is 2. The topological polar surface area (TPSA) is 105 Å². The smallest absolute Gasteiger partial charge is 0.303 e. The second-order valence-electron chi connectivity index (χ2n) is 6.65. The van der Waals surface area contributed by atoms with E-state index in [9.17, 15) is 9.59 Å². The summed E-state index contributed by atoms with van der Waals surface area (Å²) in [6, 6.07) is -0.296. The van der Waals surface area contributed by atoms with Crippen molar-refractivity contribution in [2.45, 2.75) is 38.6 Å². The van der Waals surface area contributed by atoms with Crippen LogP contribution in [-0.2, 0) is 9.59 Å². The number of unbranched alkanes of at least 4 members (excludes halogenated alkanes) is 1. The van der Waals surface area contributed by atoms with Gasteiger partial charge in [0, 0.05) is 17.0 Å². The highest BCUT2D eigenvalue weighted by molar-refractivity contribution is 6.48. The minimum Gasteiger partial charge on any atom is -0.481 e. The van der Waals surface area contributed by atoms with E-state index in [4.69, 9.17) is 32.4 Å². The Kier molecular flexibility index (Phi) is 8.09. The first-order valence-electron chi connectivity index (χ1n) is 9.26. The van der Waals surface area contributed by atoms with Crippen LogP contribution < -0.4 is 5.73 Å². The van der Waals surface area contributed by atoms with Gasteiger partial charge < -0.3 is 10.8 Å². The molecule has 1 aliphatic carbocycles. The predicted molar refractivity (Wildman–Crippen MR) is 117 cm³/mol. The van der Waals surface area contributed by atoms with Gasteiger partial charge in [-0.05, 0) is 50.0 Å². The van der Waals surface area contributed by atoms with Crippen LogP contribution in [0.2, 0.25) is 0 Å². The zero-order valence-corrected chi connectivity index (χ0v) is 17.0. The summed E-state index contributed by atoms with van der Waals surface area (Å²) in [6.07, 6.45) is 13.9. The molecule has 29 heavy (non-hydrogen) atoms. The highest BCUT2D eigenvalue weighted by Gasteiger charge is 2.19. The number of fused-ring (bicyclic) bond motifs is 1. The van der Waals surface area contributed by atoms with E-state index in [-0.39, 0.29) is 12.5 Å². The molecule has 0 radical (unpaired) electrons. The number of halogens is 1. The summed E-state index contributed by atoms with van der Waals surface area (Å²) in [5, 5.41) is 9.36. The molecule has 152 valence electrons. The molecular weight excluding hydrogens is 390 g/mol. The van der Waals surface area contributed by atoms with Gasteiger partial charge in [0.15, 0.2) is 0 Å². The second-order valence-corrected chi connectivity index (χ2v) is 7.08. The van der Waals surface area contributed by atoms with E-state index in [0.717, 1.165) is 17.0 Å². The first-order chi connectivity index (χ1) is 13.8. The maximum absolute atomic E-state index is 11.6. The molecule has 2 aliphatic rings. The molecule has 1 aliphatic heterocycles. The molecule has 0 aromatic heterocycles. The number of allylic oxidation sites excluding steroid dienone is 6. The average Bonchev–Trinajstić information content (AvgIpc) is 2.98. The van der Waals surface area contributed by atoms with Crippen LogP contribution in [0, 0.1) is 0 Å².